The summed E-state index contributed by atoms with van der Waals surface area (Å²) in [7, 11) is 1.80. The molecule has 3 nitrogen and oxygen atoms in total. The van der Waals surface area contributed by atoms with Crippen LogP contribution in [0.4, 0.5) is 5.82 Å². The van der Waals surface area contributed by atoms with Crippen molar-refractivity contribution in [1.82, 2.24) is 9.97 Å². The second-order valence-corrected chi connectivity index (χ2v) is 1.28. The molecule has 8 heavy (non-hydrogen) atoms. The molecule has 1 aromatic rings. The van der Waals surface area contributed by atoms with Gasteiger partial charge >= 0.3 is 0 Å². The molecule has 3 heteroatoms. The van der Waals surface area contributed by atoms with Gasteiger partial charge in [-0.05, 0) is 0 Å². The second-order valence-electron chi connectivity index (χ2n) is 1.28. The van der Waals surface area contributed by atoms with Gasteiger partial charge in [0.05, 0.1) is 12.4 Å². The van der Waals surface area contributed by atoms with E-state index in [4.69, 9.17) is 0 Å². The number of nitrogens with zero attached hydrogens (tertiary/aromatic N) is 2. The average molecular weight is 108 g/mol. The first-order chi connectivity index (χ1) is 3.93. The quantitative estimate of drug-likeness (QED) is 0.563. The minimum Gasteiger partial charge on any atom is -0.372 e. The van der Waals surface area contributed by atoms with Crippen molar-refractivity contribution in [3.8, 4) is 0 Å². The summed E-state index contributed by atoms with van der Waals surface area (Å²) in [5, 5.41) is 2.83. The Bertz CT molecular complexity index is 149. The molecule has 1 aromatic heterocycles. The largest absolute Gasteiger partial charge is 0.372 e. The molecule has 0 saturated heterocycles. The lowest BCUT2D eigenvalue weighted by atomic mass is 10.7. The van der Waals surface area contributed by atoms with Gasteiger partial charge in [0.1, 0.15) is 12.0 Å². The van der Waals surface area contributed by atoms with E-state index in [1.165, 1.54) is 6.20 Å². The predicted octanol–water partition coefficient (Wildman–Crippen LogP) is 0.318. The first-order valence-corrected chi connectivity index (χ1v) is 2.29. The van der Waals surface area contributed by atoms with E-state index in [1.54, 1.807) is 13.2 Å². The van der Waals surface area contributed by atoms with Crippen molar-refractivity contribution in [3.05, 3.63) is 18.6 Å². The lowest BCUT2D eigenvalue weighted by molar-refractivity contribution is 1.18. The van der Waals surface area contributed by atoms with Crippen LogP contribution in [0.1, 0.15) is 0 Å². The molecule has 0 saturated carbocycles. The van der Waals surface area contributed by atoms with Gasteiger partial charge in [-0.25, -0.2) is 9.97 Å². The number of nitrogens with one attached hydrogen (secondary N) is 1. The first-order valence-electron chi connectivity index (χ1n) is 2.29. The summed E-state index contributed by atoms with van der Waals surface area (Å²) in [6.07, 6.45) is 5.70. The summed E-state index contributed by atoms with van der Waals surface area (Å²) in [4.78, 5) is 7.57. The SMILES string of the molecule is CNc1cn[c]cn1. The highest BCUT2D eigenvalue weighted by Crippen LogP contribution is 1.91. The first kappa shape index (κ1) is 5.03. The highest BCUT2D eigenvalue weighted by Gasteiger charge is 1.81. The minimum atomic E-state index is 0.767. The Balaban J connectivity index is 2.83. The predicted molar refractivity (Wildman–Crippen MR) is 30.4 cm³/mol. The standard InChI is InChI=1S/C5H6N3/c1-6-5-4-7-2-3-8-5/h3-4H,1H3,(H,6,8). The summed E-state index contributed by atoms with van der Waals surface area (Å²) >= 11 is 0. The molecule has 0 aliphatic heterocycles. The fraction of sp³-hybridized carbons (Fsp3) is 0.200. The van der Waals surface area contributed by atoms with Crippen molar-refractivity contribution in [3.63, 3.8) is 0 Å². The Morgan fingerprint density at radius 3 is 3.00 bits per heavy atom. The van der Waals surface area contributed by atoms with Gasteiger partial charge in [0.2, 0.25) is 0 Å². The zero-order chi connectivity index (χ0) is 5.82. The Labute approximate surface area is 47.8 Å². The number of hydrogen-bond donors (Lipinski definition) is 1. The Kier molecular flexibility index (Phi) is 1.42. The molecule has 41 valence electrons. The number of anilines is 1. The van der Waals surface area contributed by atoms with Crippen LogP contribution in [0.25, 0.3) is 0 Å². The third-order valence-electron chi connectivity index (χ3n) is 0.779. The third-order valence-corrected chi connectivity index (χ3v) is 0.779. The summed E-state index contributed by atoms with van der Waals surface area (Å²) in [5.41, 5.74) is 0. The summed E-state index contributed by atoms with van der Waals surface area (Å²) in [6.45, 7) is 0. The number of rotatable bonds is 1. The molecular formula is C5H6N3. The zero-order valence-corrected chi connectivity index (χ0v) is 4.55. The molecule has 0 aliphatic carbocycles. The molecule has 1 radical (unpaired) electrons. The highest BCUT2D eigenvalue weighted by molar-refractivity contribution is 5.27. The maximum absolute atomic E-state index is 3.87. The number of aromatic nitrogens is 2. The van der Waals surface area contributed by atoms with Gasteiger partial charge in [0.25, 0.3) is 0 Å². The van der Waals surface area contributed by atoms with Crippen molar-refractivity contribution in [2.45, 2.75) is 0 Å². The van der Waals surface area contributed by atoms with Crippen LogP contribution in [-0.2, 0) is 0 Å². The maximum atomic E-state index is 3.87. The van der Waals surface area contributed by atoms with Crippen molar-refractivity contribution in [1.29, 1.82) is 0 Å². The van der Waals surface area contributed by atoms with Crippen molar-refractivity contribution in [2.75, 3.05) is 12.4 Å². The average Bonchev–Trinajstić information content (AvgIpc) is 1.90. The van der Waals surface area contributed by atoms with Crippen LogP contribution in [0, 0.1) is 6.20 Å². The van der Waals surface area contributed by atoms with Gasteiger partial charge in [-0.2, -0.15) is 0 Å². The van der Waals surface area contributed by atoms with E-state index in [9.17, 15) is 0 Å². The van der Waals surface area contributed by atoms with E-state index in [1.807, 2.05) is 0 Å². The Hall–Kier alpha value is -1.12. The van der Waals surface area contributed by atoms with Crippen LogP contribution >= 0.6 is 0 Å². The van der Waals surface area contributed by atoms with E-state index in [0.717, 1.165) is 5.82 Å². The molecule has 0 unspecified atom stereocenters. The van der Waals surface area contributed by atoms with E-state index in [0.29, 0.717) is 0 Å². The van der Waals surface area contributed by atoms with Crippen LogP contribution in [0.2, 0.25) is 0 Å². The van der Waals surface area contributed by atoms with E-state index in [-0.39, 0.29) is 0 Å². The Morgan fingerprint density at radius 2 is 2.62 bits per heavy atom. The zero-order valence-electron chi connectivity index (χ0n) is 4.55. The van der Waals surface area contributed by atoms with E-state index >= 15 is 0 Å². The van der Waals surface area contributed by atoms with Gasteiger partial charge in [-0.15, -0.1) is 0 Å². The molecule has 0 fully saturated rings. The van der Waals surface area contributed by atoms with Crippen LogP contribution in [0.3, 0.4) is 0 Å². The topological polar surface area (TPSA) is 37.8 Å². The van der Waals surface area contributed by atoms with Crippen molar-refractivity contribution < 1.29 is 0 Å². The molecule has 1 rings (SSSR count). The Morgan fingerprint density at radius 1 is 1.75 bits per heavy atom. The molecule has 0 atom stereocenters. The lowest BCUT2D eigenvalue weighted by Gasteiger charge is -1.91. The van der Waals surface area contributed by atoms with E-state index in [2.05, 4.69) is 21.5 Å². The van der Waals surface area contributed by atoms with Gasteiger partial charge in [-0.3, -0.25) is 0 Å². The minimum absolute atomic E-state index is 0.767. The smallest absolute Gasteiger partial charge is 0.144 e. The molecule has 0 aliphatic rings. The normalized spacial score (nSPS) is 8.62. The summed E-state index contributed by atoms with van der Waals surface area (Å²) < 4.78 is 0. The maximum Gasteiger partial charge on any atom is 0.144 e. The molecule has 0 amide bonds. The molecule has 1 heterocycles. The fourth-order valence-electron chi connectivity index (χ4n) is 0.393. The second kappa shape index (κ2) is 2.26. The molecule has 0 spiro atoms. The van der Waals surface area contributed by atoms with Crippen LogP contribution in [0.15, 0.2) is 12.4 Å². The highest BCUT2D eigenvalue weighted by atomic mass is 15.0. The van der Waals surface area contributed by atoms with Gasteiger partial charge in [-0.1, -0.05) is 0 Å². The molecular weight excluding hydrogens is 102 g/mol. The number of hydrogen-bond acceptors (Lipinski definition) is 3. The molecule has 1 N–H and O–H groups in total. The molecule has 0 bridgehead atoms. The fourth-order valence-corrected chi connectivity index (χ4v) is 0.393. The van der Waals surface area contributed by atoms with Crippen LogP contribution in [-0.4, -0.2) is 17.0 Å². The summed E-state index contributed by atoms with van der Waals surface area (Å²) in [5.74, 6) is 0.767. The van der Waals surface area contributed by atoms with Crippen LogP contribution < -0.4 is 5.32 Å². The van der Waals surface area contributed by atoms with Gasteiger partial charge < -0.3 is 5.32 Å². The van der Waals surface area contributed by atoms with E-state index < -0.39 is 0 Å². The third kappa shape index (κ3) is 0.932. The lowest BCUT2D eigenvalue weighted by Crippen LogP contribution is -1.90. The van der Waals surface area contributed by atoms with Gasteiger partial charge in [0, 0.05) is 7.05 Å². The van der Waals surface area contributed by atoms with Crippen molar-refractivity contribution in [2.24, 2.45) is 0 Å². The molecule has 0 aromatic carbocycles. The summed E-state index contributed by atoms with van der Waals surface area (Å²) in [6, 6.07) is 0. The van der Waals surface area contributed by atoms with Crippen molar-refractivity contribution >= 4 is 5.82 Å². The van der Waals surface area contributed by atoms with Crippen LogP contribution in [0.5, 0.6) is 0 Å². The van der Waals surface area contributed by atoms with Gasteiger partial charge in [0.15, 0.2) is 0 Å². The monoisotopic (exact) mass is 108 g/mol.